The van der Waals surface area contributed by atoms with Crippen LogP contribution in [0.15, 0.2) is 66.7 Å². The zero-order chi connectivity index (χ0) is 20.2. The number of nitriles is 1. The Morgan fingerprint density at radius 2 is 1.90 bits per heavy atom. The summed E-state index contributed by atoms with van der Waals surface area (Å²) in [6, 6.07) is 22.7. The maximum absolute atomic E-state index is 12.4. The standard InChI is InChI=1S/C24H20N4O/c1-16-5-11-21-22(13-16)28-23(27-21)12-8-17-3-2-4-20(14-17)26-24(29)19-9-6-18(15-25)7-10-19/h2-7,9-11,13-14H,8,12H2,1H3,(H,26,29)(H,27,28). The molecule has 3 aromatic carbocycles. The van der Waals surface area contributed by atoms with E-state index in [1.807, 2.05) is 36.4 Å². The maximum atomic E-state index is 12.4. The Labute approximate surface area is 169 Å². The van der Waals surface area contributed by atoms with Crippen molar-refractivity contribution in [2.24, 2.45) is 0 Å². The van der Waals surface area contributed by atoms with Gasteiger partial charge in [0.25, 0.3) is 5.91 Å². The number of carbonyl (C=O) groups excluding carboxylic acids is 1. The summed E-state index contributed by atoms with van der Waals surface area (Å²) in [4.78, 5) is 20.4. The van der Waals surface area contributed by atoms with Gasteiger partial charge in [0, 0.05) is 17.7 Å². The fourth-order valence-electron chi connectivity index (χ4n) is 3.26. The number of anilines is 1. The van der Waals surface area contributed by atoms with Crippen molar-refractivity contribution >= 4 is 22.6 Å². The Hall–Kier alpha value is -3.91. The minimum atomic E-state index is -0.195. The van der Waals surface area contributed by atoms with Gasteiger partial charge in [0.15, 0.2) is 0 Å². The van der Waals surface area contributed by atoms with Crippen molar-refractivity contribution in [1.29, 1.82) is 5.26 Å². The molecule has 2 N–H and O–H groups in total. The van der Waals surface area contributed by atoms with Crippen LogP contribution in [0.5, 0.6) is 0 Å². The van der Waals surface area contributed by atoms with Crippen molar-refractivity contribution < 1.29 is 4.79 Å². The largest absolute Gasteiger partial charge is 0.342 e. The minimum absolute atomic E-state index is 0.195. The average molecular weight is 380 g/mol. The molecule has 29 heavy (non-hydrogen) atoms. The van der Waals surface area contributed by atoms with E-state index in [-0.39, 0.29) is 5.91 Å². The van der Waals surface area contributed by atoms with Gasteiger partial charge < -0.3 is 10.3 Å². The van der Waals surface area contributed by atoms with E-state index in [1.54, 1.807) is 24.3 Å². The zero-order valence-electron chi connectivity index (χ0n) is 16.1. The van der Waals surface area contributed by atoms with E-state index in [0.29, 0.717) is 11.1 Å². The second-order valence-corrected chi connectivity index (χ2v) is 7.05. The second-order valence-electron chi connectivity index (χ2n) is 7.05. The highest BCUT2D eigenvalue weighted by Gasteiger charge is 2.08. The van der Waals surface area contributed by atoms with Gasteiger partial charge in [-0.3, -0.25) is 4.79 Å². The lowest BCUT2D eigenvalue weighted by Gasteiger charge is -2.07. The van der Waals surface area contributed by atoms with Crippen LogP contribution in [-0.4, -0.2) is 15.9 Å². The van der Waals surface area contributed by atoms with Crippen molar-refractivity contribution in [3.8, 4) is 6.07 Å². The molecule has 1 aromatic heterocycles. The highest BCUT2D eigenvalue weighted by atomic mass is 16.1. The van der Waals surface area contributed by atoms with Crippen LogP contribution in [0, 0.1) is 18.3 Å². The topological polar surface area (TPSA) is 81.6 Å². The first-order chi connectivity index (χ1) is 14.1. The maximum Gasteiger partial charge on any atom is 0.255 e. The predicted octanol–water partition coefficient (Wildman–Crippen LogP) is 4.78. The number of nitrogens with one attached hydrogen (secondary N) is 2. The van der Waals surface area contributed by atoms with E-state index in [4.69, 9.17) is 5.26 Å². The summed E-state index contributed by atoms with van der Waals surface area (Å²) in [5.74, 6) is 0.761. The molecule has 5 heteroatoms. The van der Waals surface area contributed by atoms with Crippen molar-refractivity contribution in [2.75, 3.05) is 5.32 Å². The number of aromatic amines is 1. The highest BCUT2D eigenvalue weighted by molar-refractivity contribution is 6.04. The zero-order valence-corrected chi connectivity index (χ0v) is 16.1. The summed E-state index contributed by atoms with van der Waals surface area (Å²) in [5, 5.41) is 11.8. The number of benzene rings is 3. The minimum Gasteiger partial charge on any atom is -0.342 e. The lowest BCUT2D eigenvalue weighted by atomic mass is 10.1. The normalized spacial score (nSPS) is 10.6. The number of hydrogen-bond acceptors (Lipinski definition) is 3. The van der Waals surface area contributed by atoms with Crippen LogP contribution >= 0.6 is 0 Å². The number of aryl methyl sites for hydroxylation is 3. The molecule has 4 aromatic rings. The molecule has 0 saturated heterocycles. The number of aromatic nitrogens is 2. The van der Waals surface area contributed by atoms with Crippen molar-refractivity contribution in [3.05, 3.63) is 94.8 Å². The predicted molar refractivity (Wildman–Crippen MR) is 114 cm³/mol. The molecular formula is C24H20N4O. The number of H-pyrrole nitrogens is 1. The lowest BCUT2D eigenvalue weighted by Crippen LogP contribution is -2.12. The molecule has 5 nitrogen and oxygen atoms in total. The van der Waals surface area contributed by atoms with Gasteiger partial charge in [-0.05, 0) is 73.0 Å². The van der Waals surface area contributed by atoms with Gasteiger partial charge in [0.05, 0.1) is 22.7 Å². The molecule has 0 unspecified atom stereocenters. The van der Waals surface area contributed by atoms with Crippen LogP contribution in [0.25, 0.3) is 11.0 Å². The van der Waals surface area contributed by atoms with Crippen LogP contribution in [0.1, 0.15) is 32.9 Å². The number of carbonyl (C=O) groups is 1. The van der Waals surface area contributed by atoms with Gasteiger partial charge in [-0.15, -0.1) is 0 Å². The SMILES string of the molecule is Cc1ccc2nc(CCc3cccc(NC(=O)c4ccc(C#N)cc4)c3)[nH]c2c1. The molecule has 0 aliphatic heterocycles. The molecular weight excluding hydrogens is 360 g/mol. The third-order valence-electron chi connectivity index (χ3n) is 4.80. The quantitative estimate of drug-likeness (QED) is 0.523. The number of fused-ring (bicyclic) bond motifs is 1. The first-order valence-electron chi connectivity index (χ1n) is 9.46. The van der Waals surface area contributed by atoms with E-state index in [0.717, 1.165) is 41.0 Å². The molecule has 0 aliphatic rings. The van der Waals surface area contributed by atoms with Crippen LogP contribution < -0.4 is 5.32 Å². The smallest absolute Gasteiger partial charge is 0.255 e. The van der Waals surface area contributed by atoms with Crippen molar-refractivity contribution in [3.63, 3.8) is 0 Å². The van der Waals surface area contributed by atoms with Gasteiger partial charge in [0.1, 0.15) is 5.82 Å². The summed E-state index contributed by atoms with van der Waals surface area (Å²) >= 11 is 0. The Morgan fingerprint density at radius 1 is 1.07 bits per heavy atom. The van der Waals surface area contributed by atoms with Crippen LogP contribution in [0.2, 0.25) is 0 Å². The van der Waals surface area contributed by atoms with E-state index >= 15 is 0 Å². The van der Waals surface area contributed by atoms with Crippen molar-refractivity contribution in [1.82, 2.24) is 9.97 Å². The van der Waals surface area contributed by atoms with E-state index in [9.17, 15) is 4.79 Å². The molecule has 0 saturated carbocycles. The van der Waals surface area contributed by atoms with Crippen LogP contribution in [0.4, 0.5) is 5.69 Å². The van der Waals surface area contributed by atoms with Crippen molar-refractivity contribution in [2.45, 2.75) is 19.8 Å². The summed E-state index contributed by atoms with van der Waals surface area (Å²) in [6.07, 6.45) is 1.61. The van der Waals surface area contributed by atoms with E-state index in [2.05, 4.69) is 34.3 Å². The Bertz CT molecular complexity index is 1220. The van der Waals surface area contributed by atoms with Gasteiger partial charge in [0.2, 0.25) is 0 Å². The van der Waals surface area contributed by atoms with E-state index in [1.165, 1.54) is 5.56 Å². The molecule has 0 atom stereocenters. The molecule has 0 spiro atoms. The Morgan fingerprint density at radius 3 is 2.69 bits per heavy atom. The fraction of sp³-hybridized carbons (Fsp3) is 0.125. The molecule has 0 radical (unpaired) electrons. The molecule has 1 heterocycles. The third kappa shape index (κ3) is 4.33. The second kappa shape index (κ2) is 7.99. The molecule has 0 aliphatic carbocycles. The van der Waals surface area contributed by atoms with Crippen LogP contribution in [-0.2, 0) is 12.8 Å². The third-order valence-corrected chi connectivity index (χ3v) is 4.80. The first kappa shape index (κ1) is 18.5. The van der Waals surface area contributed by atoms with Gasteiger partial charge in [-0.2, -0.15) is 5.26 Å². The number of hydrogen-bond donors (Lipinski definition) is 2. The number of rotatable bonds is 5. The lowest BCUT2D eigenvalue weighted by molar-refractivity contribution is 0.102. The molecule has 0 fully saturated rings. The first-order valence-corrected chi connectivity index (χ1v) is 9.46. The molecule has 142 valence electrons. The number of imidazole rings is 1. The molecule has 4 rings (SSSR count). The summed E-state index contributed by atoms with van der Waals surface area (Å²) < 4.78 is 0. The Balaban J connectivity index is 1.42. The summed E-state index contributed by atoms with van der Waals surface area (Å²) in [6.45, 7) is 2.07. The summed E-state index contributed by atoms with van der Waals surface area (Å²) in [5.41, 5.74) is 6.17. The Kier molecular flexibility index (Phi) is 5.08. The molecule has 0 bridgehead atoms. The monoisotopic (exact) mass is 380 g/mol. The number of amides is 1. The van der Waals surface area contributed by atoms with Gasteiger partial charge in [-0.1, -0.05) is 18.2 Å². The fourth-order valence-corrected chi connectivity index (χ4v) is 3.26. The number of nitrogens with zero attached hydrogens (tertiary/aromatic N) is 2. The van der Waals surface area contributed by atoms with E-state index < -0.39 is 0 Å². The average Bonchev–Trinajstić information content (AvgIpc) is 3.14. The van der Waals surface area contributed by atoms with Gasteiger partial charge in [-0.25, -0.2) is 4.98 Å². The highest BCUT2D eigenvalue weighted by Crippen LogP contribution is 2.17. The van der Waals surface area contributed by atoms with Gasteiger partial charge >= 0.3 is 0 Å². The molecule has 1 amide bonds. The summed E-state index contributed by atoms with van der Waals surface area (Å²) in [7, 11) is 0. The van der Waals surface area contributed by atoms with Crippen LogP contribution in [0.3, 0.4) is 0 Å².